The molecular weight excluding hydrogens is 492 g/mol. The average Bonchev–Trinajstić information content (AvgIpc) is 2.92. The van der Waals surface area contributed by atoms with Gasteiger partial charge in [-0.2, -0.15) is 0 Å². The van der Waals surface area contributed by atoms with E-state index in [1.165, 1.54) is 16.7 Å². The molecule has 0 bridgehead atoms. The molecule has 0 fully saturated rings. The van der Waals surface area contributed by atoms with Gasteiger partial charge in [0, 0.05) is 42.3 Å². The van der Waals surface area contributed by atoms with Crippen LogP contribution in [0.5, 0.6) is 5.75 Å². The van der Waals surface area contributed by atoms with Crippen molar-refractivity contribution < 1.29 is 5.11 Å². The zero-order valence-electron chi connectivity index (χ0n) is 24.3. The molecule has 0 spiro atoms. The summed E-state index contributed by atoms with van der Waals surface area (Å²) in [6.07, 6.45) is 1.91. The first-order chi connectivity index (χ1) is 19.0. The molecule has 6 rings (SSSR count). The average molecular weight is 529 g/mol. The molecule has 0 amide bonds. The number of phenols is 1. The van der Waals surface area contributed by atoms with Gasteiger partial charge in [-0.25, -0.2) is 9.97 Å². The Balaban J connectivity index is 1.57. The van der Waals surface area contributed by atoms with Crippen LogP contribution < -0.4 is 9.80 Å². The first kappa shape index (κ1) is 25.9. The minimum absolute atomic E-state index is 0.000623. The fraction of sp³-hybridized carbons (Fsp3) is 0.257. The molecule has 5 aromatic rings. The van der Waals surface area contributed by atoms with E-state index < -0.39 is 0 Å². The number of aromatic nitrogens is 2. The van der Waals surface area contributed by atoms with E-state index in [9.17, 15) is 5.11 Å². The van der Waals surface area contributed by atoms with Gasteiger partial charge >= 0.3 is 0 Å². The van der Waals surface area contributed by atoms with Crippen molar-refractivity contribution in [2.75, 3.05) is 23.9 Å². The third kappa shape index (κ3) is 4.08. The van der Waals surface area contributed by atoms with Gasteiger partial charge in [-0.1, -0.05) is 65.0 Å². The molecule has 0 unspecified atom stereocenters. The first-order valence-electron chi connectivity index (χ1n) is 13.8. The van der Waals surface area contributed by atoms with E-state index in [1.54, 1.807) is 6.07 Å². The Labute approximate surface area is 236 Å². The number of nitrogens with zero attached hydrogens (tertiary/aromatic N) is 4. The van der Waals surface area contributed by atoms with E-state index in [2.05, 4.69) is 100 Å². The van der Waals surface area contributed by atoms with E-state index in [-0.39, 0.29) is 16.6 Å². The lowest BCUT2D eigenvalue weighted by atomic mass is 9.73. The fourth-order valence-corrected chi connectivity index (χ4v) is 5.87. The lowest BCUT2D eigenvalue weighted by Crippen LogP contribution is -2.31. The summed E-state index contributed by atoms with van der Waals surface area (Å²) < 4.78 is 0. The van der Waals surface area contributed by atoms with Gasteiger partial charge in [-0.05, 0) is 70.6 Å². The highest BCUT2D eigenvalue weighted by molar-refractivity contribution is 5.97. The maximum atomic E-state index is 10.7. The summed E-state index contributed by atoms with van der Waals surface area (Å²) in [4.78, 5) is 14.2. The number of benzene rings is 3. The van der Waals surface area contributed by atoms with Crippen molar-refractivity contribution in [1.29, 1.82) is 0 Å². The summed E-state index contributed by atoms with van der Waals surface area (Å²) in [7, 11) is 4.00. The molecule has 202 valence electrons. The van der Waals surface area contributed by atoms with Crippen LogP contribution in [-0.4, -0.2) is 29.2 Å². The second kappa shape index (κ2) is 9.09. The lowest BCUT2D eigenvalue weighted by Gasteiger charge is -2.42. The maximum absolute atomic E-state index is 10.7. The van der Waals surface area contributed by atoms with E-state index in [1.807, 2.05) is 37.3 Å². The number of aromatic hydroxyl groups is 1. The molecule has 0 saturated carbocycles. The summed E-state index contributed by atoms with van der Waals surface area (Å²) in [5.41, 5.74) is 9.19. The summed E-state index contributed by atoms with van der Waals surface area (Å²) in [6, 6.07) is 27.3. The van der Waals surface area contributed by atoms with Gasteiger partial charge in [0.2, 0.25) is 0 Å². The van der Waals surface area contributed by atoms with E-state index in [0.29, 0.717) is 5.52 Å². The van der Waals surface area contributed by atoms with Gasteiger partial charge < -0.3 is 10.0 Å². The predicted molar refractivity (Wildman–Crippen MR) is 166 cm³/mol. The quantitative estimate of drug-likeness (QED) is 0.254. The van der Waals surface area contributed by atoms with Crippen LogP contribution in [0.15, 0.2) is 85.1 Å². The molecular formula is C35H36N4O. The van der Waals surface area contributed by atoms with Crippen molar-refractivity contribution in [1.82, 2.24) is 9.97 Å². The number of fused-ring (bicyclic) bond motifs is 3. The molecule has 1 aliphatic rings. The molecule has 5 heteroatoms. The van der Waals surface area contributed by atoms with Gasteiger partial charge in [0.1, 0.15) is 17.1 Å². The maximum Gasteiger partial charge on any atom is 0.141 e. The van der Waals surface area contributed by atoms with Gasteiger partial charge in [0.05, 0.1) is 17.1 Å². The molecule has 3 heterocycles. The van der Waals surface area contributed by atoms with Crippen molar-refractivity contribution >= 4 is 33.8 Å². The van der Waals surface area contributed by atoms with Crippen molar-refractivity contribution in [3.63, 3.8) is 0 Å². The molecule has 2 aromatic heterocycles. The Kier molecular flexibility index (Phi) is 5.88. The molecule has 5 nitrogen and oxygen atoms in total. The highest BCUT2D eigenvalue weighted by Crippen LogP contribution is 2.52. The van der Waals surface area contributed by atoms with E-state index in [4.69, 9.17) is 9.97 Å². The third-order valence-electron chi connectivity index (χ3n) is 8.16. The fourth-order valence-electron chi connectivity index (χ4n) is 5.87. The van der Waals surface area contributed by atoms with Crippen molar-refractivity contribution in [3.8, 4) is 17.0 Å². The molecule has 0 aliphatic carbocycles. The largest absolute Gasteiger partial charge is 0.506 e. The zero-order chi connectivity index (χ0) is 28.4. The van der Waals surface area contributed by atoms with Crippen LogP contribution in [0, 0.1) is 0 Å². The summed E-state index contributed by atoms with van der Waals surface area (Å²) in [5.74, 6) is 1.08. The van der Waals surface area contributed by atoms with E-state index in [0.717, 1.165) is 39.5 Å². The molecule has 40 heavy (non-hydrogen) atoms. The molecule has 0 atom stereocenters. The highest BCUT2D eigenvalue weighted by Gasteiger charge is 2.37. The molecule has 0 radical (unpaired) electrons. The van der Waals surface area contributed by atoms with Crippen molar-refractivity contribution in [2.45, 2.75) is 45.4 Å². The Morgan fingerprint density at radius 1 is 0.825 bits per heavy atom. The molecule has 0 saturated heterocycles. The molecule has 1 N–H and O–H groups in total. The Morgan fingerprint density at radius 2 is 1.57 bits per heavy atom. The summed E-state index contributed by atoms with van der Waals surface area (Å²) in [5, 5.41) is 11.6. The Morgan fingerprint density at radius 3 is 2.33 bits per heavy atom. The van der Waals surface area contributed by atoms with Crippen LogP contribution in [0.25, 0.3) is 22.2 Å². The van der Waals surface area contributed by atoms with Crippen LogP contribution >= 0.6 is 0 Å². The number of hydrogen-bond acceptors (Lipinski definition) is 5. The SMILES string of the molecule is CN(C)c1ccc(O)c2nc(-c3ccc4c(c3)N(c3cc(C(C)(C)C)ccn3)c3ccccc3C4(C)C)ccc12. The van der Waals surface area contributed by atoms with Crippen LogP contribution in [-0.2, 0) is 10.8 Å². The monoisotopic (exact) mass is 528 g/mol. The number of pyridine rings is 2. The van der Waals surface area contributed by atoms with Gasteiger partial charge in [-0.15, -0.1) is 0 Å². The highest BCUT2D eigenvalue weighted by atomic mass is 16.3. The van der Waals surface area contributed by atoms with Gasteiger partial charge in [0.25, 0.3) is 0 Å². The predicted octanol–water partition coefficient (Wildman–Crippen LogP) is 8.48. The first-order valence-corrected chi connectivity index (χ1v) is 13.8. The Hall–Kier alpha value is -4.38. The number of anilines is 4. The second-order valence-electron chi connectivity index (χ2n) is 12.5. The van der Waals surface area contributed by atoms with Crippen LogP contribution in [0.4, 0.5) is 22.9 Å². The third-order valence-corrected chi connectivity index (χ3v) is 8.16. The molecule has 1 aliphatic heterocycles. The lowest BCUT2D eigenvalue weighted by molar-refractivity contribution is 0.480. The standard InChI is InChI=1S/C35H36N4O/c1-34(2,3)23-18-19-36-32(21-23)39-29-11-9-8-10-25(29)35(4,5)26-14-12-22(20-30(26)39)27-15-13-24-28(38(6)7)16-17-31(40)33(24)37-27/h8-21,40H,1-7H3. The van der Waals surface area contributed by atoms with E-state index >= 15 is 0 Å². The van der Waals surface area contributed by atoms with Gasteiger partial charge in [-0.3, -0.25) is 4.90 Å². The number of phenolic OH excluding ortho intramolecular Hbond substituents is 1. The van der Waals surface area contributed by atoms with Crippen molar-refractivity contribution in [3.05, 3.63) is 102 Å². The number of hydrogen-bond donors (Lipinski definition) is 1. The summed E-state index contributed by atoms with van der Waals surface area (Å²) >= 11 is 0. The summed E-state index contributed by atoms with van der Waals surface area (Å²) in [6.45, 7) is 11.3. The normalized spacial score (nSPS) is 14.1. The van der Waals surface area contributed by atoms with Crippen LogP contribution in [0.2, 0.25) is 0 Å². The topological polar surface area (TPSA) is 52.5 Å². The zero-order valence-corrected chi connectivity index (χ0v) is 24.3. The Bertz CT molecular complexity index is 1760. The minimum atomic E-state index is -0.196. The van der Waals surface area contributed by atoms with Crippen molar-refractivity contribution in [2.24, 2.45) is 0 Å². The molecule has 3 aromatic carbocycles. The van der Waals surface area contributed by atoms with Gasteiger partial charge in [0.15, 0.2) is 0 Å². The minimum Gasteiger partial charge on any atom is -0.506 e. The smallest absolute Gasteiger partial charge is 0.141 e. The second-order valence-corrected chi connectivity index (χ2v) is 12.5. The number of para-hydroxylation sites is 1. The van der Waals surface area contributed by atoms with Crippen LogP contribution in [0.1, 0.15) is 51.3 Å². The van der Waals surface area contributed by atoms with Crippen LogP contribution in [0.3, 0.4) is 0 Å². The number of rotatable bonds is 3.